The maximum absolute atomic E-state index is 13.6. The number of carbonyl (C=O) groups is 2. The predicted octanol–water partition coefficient (Wildman–Crippen LogP) is 3.40. The van der Waals surface area contributed by atoms with Gasteiger partial charge in [0.1, 0.15) is 18.1 Å². The molecule has 0 atom stereocenters. The molecule has 31 heavy (non-hydrogen) atoms. The monoisotopic (exact) mass is 424 g/mol. The van der Waals surface area contributed by atoms with Crippen LogP contribution in [0.1, 0.15) is 15.9 Å². The van der Waals surface area contributed by atoms with Crippen molar-refractivity contribution in [3.63, 3.8) is 0 Å². The van der Waals surface area contributed by atoms with Crippen molar-refractivity contribution in [1.29, 1.82) is 0 Å². The third kappa shape index (κ3) is 4.98. The first-order valence-electron chi connectivity index (χ1n) is 9.35. The molecule has 7 nitrogen and oxygen atoms in total. The van der Waals surface area contributed by atoms with Crippen molar-refractivity contribution in [3.8, 4) is 16.9 Å². The van der Waals surface area contributed by atoms with Gasteiger partial charge in [-0.2, -0.15) is 0 Å². The molecule has 0 unspecified atom stereocenters. The fraction of sp³-hybridized carbons (Fsp3) is 0.174. The summed E-state index contributed by atoms with van der Waals surface area (Å²) in [4.78, 5) is 36.1. The molecular weight excluding hydrogens is 403 g/mol. The predicted molar refractivity (Wildman–Crippen MR) is 114 cm³/mol. The van der Waals surface area contributed by atoms with Crippen molar-refractivity contribution in [2.75, 3.05) is 19.5 Å². The second kappa shape index (κ2) is 9.25. The van der Waals surface area contributed by atoms with Gasteiger partial charge in [0.25, 0.3) is 11.5 Å². The summed E-state index contributed by atoms with van der Waals surface area (Å²) in [5, 5.41) is 2.69. The van der Waals surface area contributed by atoms with Crippen LogP contribution in [0.15, 0.2) is 59.5 Å². The number of rotatable bonds is 6. The van der Waals surface area contributed by atoms with Gasteiger partial charge in [-0.15, -0.1) is 0 Å². The normalized spacial score (nSPS) is 10.5. The van der Waals surface area contributed by atoms with Crippen molar-refractivity contribution >= 4 is 17.6 Å². The van der Waals surface area contributed by atoms with E-state index in [1.165, 1.54) is 38.6 Å². The van der Waals surface area contributed by atoms with E-state index in [0.717, 1.165) is 15.7 Å². The van der Waals surface area contributed by atoms with Crippen molar-refractivity contribution in [1.82, 2.24) is 4.57 Å². The number of aryl methyl sites for hydroxylation is 1. The second-order valence-electron chi connectivity index (χ2n) is 6.79. The van der Waals surface area contributed by atoms with Crippen molar-refractivity contribution in [2.45, 2.75) is 13.5 Å². The Bertz CT molecular complexity index is 1200. The number of methoxy groups -OCH3 is 2. The van der Waals surface area contributed by atoms with E-state index in [0.29, 0.717) is 17.0 Å². The number of hydrogen-bond acceptors (Lipinski definition) is 5. The van der Waals surface area contributed by atoms with E-state index in [1.54, 1.807) is 37.3 Å². The van der Waals surface area contributed by atoms with Crippen molar-refractivity contribution in [2.24, 2.45) is 0 Å². The Balaban J connectivity index is 1.86. The highest BCUT2D eigenvalue weighted by atomic mass is 19.1. The van der Waals surface area contributed by atoms with Crippen LogP contribution in [0.5, 0.6) is 5.75 Å². The van der Waals surface area contributed by atoms with Crippen LogP contribution in [0.3, 0.4) is 0 Å². The van der Waals surface area contributed by atoms with Gasteiger partial charge < -0.3 is 19.4 Å². The Morgan fingerprint density at radius 3 is 2.42 bits per heavy atom. The molecule has 0 bridgehead atoms. The molecule has 8 heteroatoms. The van der Waals surface area contributed by atoms with Gasteiger partial charge in [0, 0.05) is 12.3 Å². The summed E-state index contributed by atoms with van der Waals surface area (Å²) >= 11 is 0. The van der Waals surface area contributed by atoms with Gasteiger partial charge in [-0.05, 0) is 53.9 Å². The van der Waals surface area contributed by atoms with E-state index >= 15 is 0 Å². The lowest BCUT2D eigenvalue weighted by molar-refractivity contribution is -0.141. The highest BCUT2D eigenvalue weighted by Gasteiger charge is 2.15. The Morgan fingerprint density at radius 1 is 1.03 bits per heavy atom. The number of esters is 1. The van der Waals surface area contributed by atoms with Gasteiger partial charge >= 0.3 is 5.97 Å². The molecule has 0 saturated heterocycles. The number of ether oxygens (including phenoxy) is 2. The molecule has 1 amide bonds. The first kappa shape index (κ1) is 21.8. The number of pyridine rings is 1. The highest BCUT2D eigenvalue weighted by molar-refractivity contribution is 6.06. The van der Waals surface area contributed by atoms with Crippen LogP contribution in [0.2, 0.25) is 0 Å². The summed E-state index contributed by atoms with van der Waals surface area (Å²) in [5.74, 6) is -0.999. The average molecular weight is 424 g/mol. The molecule has 3 aromatic rings. The minimum atomic E-state index is -0.584. The molecule has 3 rings (SSSR count). The fourth-order valence-corrected chi connectivity index (χ4v) is 3.01. The minimum absolute atomic E-state index is 0.270. The molecule has 0 aliphatic rings. The van der Waals surface area contributed by atoms with Crippen LogP contribution in [-0.2, 0) is 16.1 Å². The molecule has 0 aliphatic carbocycles. The average Bonchev–Trinajstić information content (AvgIpc) is 2.77. The first-order chi connectivity index (χ1) is 14.8. The molecule has 0 radical (unpaired) electrons. The quantitative estimate of drug-likeness (QED) is 0.613. The Labute approximate surface area is 178 Å². The molecular formula is C23H21FN2O5. The summed E-state index contributed by atoms with van der Waals surface area (Å²) in [7, 11) is 2.67. The molecule has 2 aromatic carbocycles. The first-order valence-corrected chi connectivity index (χ1v) is 9.35. The number of anilines is 1. The number of amides is 1. The number of hydrogen-bond donors (Lipinski definition) is 1. The Kier molecular flexibility index (Phi) is 6.49. The number of benzene rings is 2. The zero-order valence-electron chi connectivity index (χ0n) is 17.3. The zero-order valence-corrected chi connectivity index (χ0v) is 17.3. The van der Waals surface area contributed by atoms with Crippen LogP contribution >= 0.6 is 0 Å². The molecule has 0 saturated carbocycles. The van der Waals surface area contributed by atoms with Gasteiger partial charge in [0.15, 0.2) is 0 Å². The third-order valence-corrected chi connectivity index (χ3v) is 4.71. The van der Waals surface area contributed by atoms with E-state index in [2.05, 4.69) is 10.1 Å². The van der Waals surface area contributed by atoms with E-state index in [-0.39, 0.29) is 17.9 Å². The molecule has 1 N–H and O–H groups in total. The van der Waals surface area contributed by atoms with E-state index in [4.69, 9.17) is 4.74 Å². The number of aromatic nitrogens is 1. The summed E-state index contributed by atoms with van der Waals surface area (Å²) < 4.78 is 24.6. The summed E-state index contributed by atoms with van der Waals surface area (Å²) in [6, 6.07) is 12.5. The van der Waals surface area contributed by atoms with Crippen LogP contribution in [0.4, 0.5) is 10.1 Å². The molecule has 1 heterocycles. The van der Waals surface area contributed by atoms with Crippen LogP contribution < -0.4 is 15.6 Å². The maximum atomic E-state index is 13.6. The van der Waals surface area contributed by atoms with Crippen LogP contribution in [0, 0.1) is 12.7 Å². The van der Waals surface area contributed by atoms with Gasteiger partial charge in [0.2, 0.25) is 0 Å². The lowest BCUT2D eigenvalue weighted by atomic mass is 10.0. The minimum Gasteiger partial charge on any atom is -0.496 e. The molecule has 0 spiro atoms. The molecule has 160 valence electrons. The lowest BCUT2D eigenvalue weighted by Crippen LogP contribution is -2.24. The highest BCUT2D eigenvalue weighted by Crippen LogP contribution is 2.29. The maximum Gasteiger partial charge on any atom is 0.325 e. The summed E-state index contributed by atoms with van der Waals surface area (Å²) in [5.41, 5.74) is 2.27. The second-order valence-corrected chi connectivity index (χ2v) is 6.79. The van der Waals surface area contributed by atoms with Gasteiger partial charge in [-0.25, -0.2) is 4.39 Å². The Hall–Kier alpha value is -3.94. The van der Waals surface area contributed by atoms with Gasteiger partial charge in [-0.3, -0.25) is 14.4 Å². The smallest absolute Gasteiger partial charge is 0.325 e. The molecule has 0 aliphatic heterocycles. The van der Waals surface area contributed by atoms with Crippen molar-refractivity contribution in [3.05, 3.63) is 82.0 Å². The largest absolute Gasteiger partial charge is 0.496 e. The number of nitrogens with zero attached hydrogens (tertiary/aromatic N) is 1. The number of halogens is 1. The summed E-state index contributed by atoms with van der Waals surface area (Å²) in [6.07, 6.45) is 1.36. The number of carbonyl (C=O) groups excluding carboxylic acids is 2. The SMILES string of the molecule is COC(=O)Cn1cc(NC(=O)c2ccc(-c3ccc(F)c(C)c3)cc2OC)ccc1=O. The molecule has 0 fully saturated rings. The Morgan fingerprint density at radius 2 is 1.74 bits per heavy atom. The van der Waals surface area contributed by atoms with Crippen LogP contribution in [-0.4, -0.2) is 30.7 Å². The van der Waals surface area contributed by atoms with E-state index < -0.39 is 17.4 Å². The van der Waals surface area contributed by atoms with Gasteiger partial charge in [-0.1, -0.05) is 12.1 Å². The third-order valence-electron chi connectivity index (χ3n) is 4.71. The lowest BCUT2D eigenvalue weighted by Gasteiger charge is -2.13. The van der Waals surface area contributed by atoms with E-state index in [1.807, 2.05) is 0 Å². The zero-order chi connectivity index (χ0) is 22.5. The molecule has 1 aromatic heterocycles. The fourth-order valence-electron chi connectivity index (χ4n) is 3.01. The van der Waals surface area contributed by atoms with Gasteiger partial charge in [0.05, 0.1) is 25.5 Å². The topological polar surface area (TPSA) is 86.6 Å². The van der Waals surface area contributed by atoms with Crippen LogP contribution in [0.25, 0.3) is 11.1 Å². The standard InChI is InChI=1S/C23H21FN2O5/c1-14-10-15(5-8-19(14)24)16-4-7-18(20(11-16)30-2)23(29)25-17-6-9-21(27)26(12-17)13-22(28)31-3/h4-12H,13H2,1-3H3,(H,25,29). The number of nitrogens with one attached hydrogen (secondary N) is 1. The summed E-state index contributed by atoms with van der Waals surface area (Å²) in [6.45, 7) is 1.41. The van der Waals surface area contributed by atoms with Crippen molar-refractivity contribution < 1.29 is 23.5 Å². The van der Waals surface area contributed by atoms with E-state index in [9.17, 15) is 18.8 Å².